The lowest BCUT2D eigenvalue weighted by molar-refractivity contribution is 0.0162. The molecule has 2 aliphatic heterocycles. The van der Waals surface area contributed by atoms with Crippen LogP contribution in [0.4, 0.5) is 0 Å². The third-order valence-electron chi connectivity index (χ3n) is 7.80. The zero-order chi connectivity index (χ0) is 24.3. The minimum absolute atomic E-state index is 0.138. The molecule has 2 aliphatic rings. The lowest BCUT2D eigenvalue weighted by Gasteiger charge is -2.49. The minimum atomic E-state index is 0.138. The molecule has 34 heavy (non-hydrogen) atoms. The lowest BCUT2D eigenvalue weighted by atomic mass is 9.82. The van der Waals surface area contributed by atoms with Crippen LogP contribution in [0.1, 0.15) is 59.7 Å². The Morgan fingerprint density at radius 2 is 1.59 bits per heavy atom. The molecule has 4 rings (SSSR count). The van der Waals surface area contributed by atoms with Gasteiger partial charge in [0.05, 0.1) is 5.71 Å². The van der Waals surface area contributed by atoms with Gasteiger partial charge >= 0.3 is 0 Å². The Morgan fingerprint density at radius 1 is 1.00 bits per heavy atom. The first kappa shape index (κ1) is 24.9. The first-order chi connectivity index (χ1) is 16.3. The number of benzene rings is 2. The second-order valence-corrected chi connectivity index (χ2v) is 10.9. The van der Waals surface area contributed by atoms with E-state index in [0.29, 0.717) is 5.92 Å². The Labute approximate surface area is 212 Å². The van der Waals surface area contributed by atoms with Crippen molar-refractivity contribution in [1.29, 1.82) is 0 Å². The summed E-state index contributed by atoms with van der Waals surface area (Å²) in [6, 6.07) is 14.4. The number of rotatable bonds is 5. The molecule has 0 atom stereocenters. The van der Waals surface area contributed by atoms with Gasteiger partial charge in [-0.15, -0.1) is 0 Å². The zero-order valence-electron chi connectivity index (χ0n) is 20.8. The number of hydrogen-bond donors (Lipinski definition) is 0. The summed E-state index contributed by atoms with van der Waals surface area (Å²) in [5, 5.41) is 4.41. The molecule has 1 amide bonds. The maximum Gasteiger partial charge on any atom is 0.254 e. The van der Waals surface area contributed by atoms with Gasteiger partial charge in [0, 0.05) is 34.6 Å². The summed E-state index contributed by atoms with van der Waals surface area (Å²) in [4.78, 5) is 23.2. The fraction of sp³-hybridized carbons (Fsp3) is 0.500. The van der Waals surface area contributed by atoms with Crippen molar-refractivity contribution in [2.75, 3.05) is 33.3 Å². The van der Waals surface area contributed by atoms with Crippen LogP contribution in [0.3, 0.4) is 0 Å². The zero-order valence-corrected chi connectivity index (χ0v) is 22.4. The van der Waals surface area contributed by atoms with E-state index < -0.39 is 0 Å². The number of aryl methyl sites for hydroxylation is 2. The Bertz CT molecular complexity index is 1010. The van der Waals surface area contributed by atoms with Crippen molar-refractivity contribution in [3.05, 3.63) is 69.2 Å². The number of amides is 1. The summed E-state index contributed by atoms with van der Waals surface area (Å²) in [5.74, 6) is 0.581. The van der Waals surface area contributed by atoms with Gasteiger partial charge in [-0.05, 0) is 88.4 Å². The Morgan fingerprint density at radius 3 is 2.15 bits per heavy atom. The molecular weight excluding hydrogens is 490 g/mol. The van der Waals surface area contributed by atoms with Gasteiger partial charge in [0.2, 0.25) is 0 Å². The van der Waals surface area contributed by atoms with Crippen LogP contribution in [0.15, 0.2) is 52.1 Å². The highest BCUT2D eigenvalue weighted by Gasteiger charge is 2.39. The number of oxime groups is 1. The topological polar surface area (TPSA) is 45.1 Å². The Balaban J connectivity index is 1.37. The van der Waals surface area contributed by atoms with Gasteiger partial charge in [0.15, 0.2) is 0 Å². The number of carbonyl (C=O) groups is 1. The molecule has 0 aliphatic carbocycles. The van der Waals surface area contributed by atoms with Crippen molar-refractivity contribution < 1.29 is 9.63 Å². The van der Waals surface area contributed by atoms with E-state index in [-0.39, 0.29) is 11.4 Å². The summed E-state index contributed by atoms with van der Waals surface area (Å²) in [6.45, 7) is 10.2. The molecule has 0 radical (unpaired) electrons. The standard InChI is InChI=1S/C28H36BrN3O2/c1-20-6-5-7-21(2)25(20)27(33)31-18-14-28(3,15-19-31)32-16-12-23(13-17-32)26(30-34-4)22-8-10-24(29)11-9-22/h5-11,23H,12-19H2,1-4H3/b30-26-. The first-order valence-corrected chi connectivity index (χ1v) is 13.1. The fourth-order valence-electron chi connectivity index (χ4n) is 5.59. The van der Waals surface area contributed by atoms with Crippen LogP contribution >= 0.6 is 15.9 Å². The first-order valence-electron chi connectivity index (χ1n) is 12.3. The number of carbonyl (C=O) groups excluding carboxylic acids is 1. The highest BCUT2D eigenvalue weighted by atomic mass is 79.9. The van der Waals surface area contributed by atoms with Crippen molar-refractivity contribution in [3.8, 4) is 0 Å². The molecule has 2 fully saturated rings. The van der Waals surface area contributed by atoms with Crippen LogP contribution in [0.25, 0.3) is 0 Å². The molecule has 182 valence electrons. The molecule has 0 aromatic heterocycles. The van der Waals surface area contributed by atoms with Crippen LogP contribution < -0.4 is 0 Å². The van der Waals surface area contributed by atoms with Crippen molar-refractivity contribution in [3.63, 3.8) is 0 Å². The van der Waals surface area contributed by atoms with Gasteiger partial charge in [0.25, 0.3) is 5.91 Å². The van der Waals surface area contributed by atoms with Crippen molar-refractivity contribution in [2.45, 2.75) is 52.0 Å². The van der Waals surface area contributed by atoms with Crippen molar-refractivity contribution in [1.82, 2.24) is 9.80 Å². The van der Waals surface area contributed by atoms with Crippen LogP contribution in [-0.4, -0.2) is 60.2 Å². The van der Waals surface area contributed by atoms with E-state index >= 15 is 0 Å². The predicted molar refractivity (Wildman–Crippen MR) is 141 cm³/mol. The summed E-state index contributed by atoms with van der Waals surface area (Å²) in [7, 11) is 1.63. The summed E-state index contributed by atoms with van der Waals surface area (Å²) in [6.07, 6.45) is 4.16. The van der Waals surface area contributed by atoms with Crippen LogP contribution in [0.2, 0.25) is 0 Å². The molecule has 2 heterocycles. The molecule has 5 nitrogen and oxygen atoms in total. The molecule has 2 aromatic rings. The van der Waals surface area contributed by atoms with Gasteiger partial charge < -0.3 is 9.74 Å². The number of halogens is 1. The molecule has 2 saturated heterocycles. The second-order valence-electron chi connectivity index (χ2n) is 9.98. The van der Waals surface area contributed by atoms with Gasteiger partial charge in [-0.25, -0.2) is 0 Å². The summed E-state index contributed by atoms with van der Waals surface area (Å²) >= 11 is 3.52. The van der Waals surface area contributed by atoms with E-state index in [9.17, 15) is 4.79 Å². The quantitative estimate of drug-likeness (QED) is 0.364. The van der Waals surface area contributed by atoms with E-state index in [1.165, 1.54) is 0 Å². The molecule has 2 aromatic carbocycles. The fourth-order valence-corrected chi connectivity index (χ4v) is 5.86. The van der Waals surface area contributed by atoms with Crippen LogP contribution in [0.5, 0.6) is 0 Å². The highest BCUT2D eigenvalue weighted by molar-refractivity contribution is 9.10. The molecule has 0 saturated carbocycles. The van der Waals surface area contributed by atoms with Gasteiger partial charge in [-0.2, -0.15) is 0 Å². The van der Waals surface area contributed by atoms with E-state index in [1.807, 2.05) is 32.0 Å². The predicted octanol–water partition coefficient (Wildman–Crippen LogP) is 5.82. The van der Waals surface area contributed by atoms with Crippen LogP contribution in [-0.2, 0) is 4.84 Å². The van der Waals surface area contributed by atoms with Crippen molar-refractivity contribution in [2.24, 2.45) is 11.1 Å². The smallest absolute Gasteiger partial charge is 0.254 e. The SMILES string of the molecule is CO/N=C(/c1ccc(Br)cc1)C1CCN(C2(C)CCN(C(=O)c3c(C)cccc3C)CC2)CC1. The average Bonchev–Trinajstić information content (AvgIpc) is 2.84. The number of piperidine rings is 2. The molecule has 0 bridgehead atoms. The van der Waals surface area contributed by atoms with E-state index in [2.05, 4.69) is 62.1 Å². The maximum absolute atomic E-state index is 13.2. The number of hydrogen-bond acceptors (Lipinski definition) is 4. The number of likely N-dealkylation sites (tertiary alicyclic amines) is 2. The van der Waals surface area contributed by atoms with Gasteiger partial charge in [-0.3, -0.25) is 9.69 Å². The summed E-state index contributed by atoms with van der Waals surface area (Å²) in [5.41, 5.74) is 5.34. The molecule has 0 unspecified atom stereocenters. The number of nitrogens with zero attached hydrogens (tertiary/aromatic N) is 3. The minimum Gasteiger partial charge on any atom is -0.399 e. The van der Waals surface area contributed by atoms with Crippen molar-refractivity contribution >= 4 is 27.5 Å². The Hall–Kier alpha value is -2.18. The van der Waals surface area contributed by atoms with Crippen LogP contribution in [0, 0.1) is 19.8 Å². The molecule has 6 heteroatoms. The van der Waals surface area contributed by atoms with E-state index in [4.69, 9.17) is 4.84 Å². The van der Waals surface area contributed by atoms with Gasteiger partial charge in [0.1, 0.15) is 7.11 Å². The monoisotopic (exact) mass is 525 g/mol. The maximum atomic E-state index is 13.2. The van der Waals surface area contributed by atoms with Gasteiger partial charge in [-0.1, -0.05) is 51.4 Å². The highest BCUT2D eigenvalue weighted by Crippen LogP contribution is 2.34. The second kappa shape index (κ2) is 10.6. The Kier molecular flexibility index (Phi) is 7.78. The average molecular weight is 527 g/mol. The molecule has 0 N–H and O–H groups in total. The summed E-state index contributed by atoms with van der Waals surface area (Å²) < 4.78 is 1.07. The third kappa shape index (κ3) is 5.23. The third-order valence-corrected chi connectivity index (χ3v) is 8.33. The van der Waals surface area contributed by atoms with E-state index in [0.717, 1.165) is 84.3 Å². The largest absolute Gasteiger partial charge is 0.399 e. The van der Waals surface area contributed by atoms with E-state index in [1.54, 1.807) is 7.11 Å². The lowest BCUT2D eigenvalue weighted by Crippen LogP contribution is -2.56. The molecular formula is C28H36BrN3O2. The molecule has 0 spiro atoms. The normalized spacial score (nSPS) is 19.8.